The van der Waals surface area contributed by atoms with E-state index in [0.717, 1.165) is 44.4 Å². The summed E-state index contributed by atoms with van der Waals surface area (Å²) < 4.78 is 0. The lowest BCUT2D eigenvalue weighted by atomic mass is 9.44. The molecule has 5 nitrogen and oxygen atoms in total. The van der Waals surface area contributed by atoms with Gasteiger partial charge in [0.25, 0.3) is 0 Å². The average Bonchev–Trinajstić information content (AvgIpc) is 3.35. The number of ketones is 2. The number of hydrogen-bond acceptors (Lipinski definition) is 5. The second-order valence-corrected chi connectivity index (χ2v) is 11.1. The first kappa shape index (κ1) is 19.7. The molecule has 0 bridgehead atoms. The lowest BCUT2D eigenvalue weighted by Gasteiger charge is -2.58. The molecule has 1 N–H and O–H groups in total. The molecule has 5 heteroatoms. The molecule has 5 fully saturated rings. The summed E-state index contributed by atoms with van der Waals surface area (Å²) in [4.78, 5) is 32.2. The summed E-state index contributed by atoms with van der Waals surface area (Å²) in [7, 11) is 0. The van der Waals surface area contributed by atoms with Crippen molar-refractivity contribution >= 4 is 17.3 Å². The summed E-state index contributed by atoms with van der Waals surface area (Å²) in [5.74, 6) is 0.435. The van der Waals surface area contributed by atoms with Gasteiger partial charge in [0.2, 0.25) is 11.6 Å². The number of Topliss-reactive ketones (excluding diaryl/α,β-unsaturated/α-hetero) is 2. The van der Waals surface area contributed by atoms with Gasteiger partial charge < -0.3 is 10.2 Å². The first-order chi connectivity index (χ1) is 13.9. The Balaban J connectivity index is 1.33. The first-order valence-electron chi connectivity index (χ1n) is 11.9. The molecule has 1 saturated heterocycles. The van der Waals surface area contributed by atoms with E-state index in [1.807, 2.05) is 0 Å². The Morgan fingerprint density at radius 3 is 2.69 bits per heavy atom. The van der Waals surface area contributed by atoms with Gasteiger partial charge in [0.1, 0.15) is 6.61 Å². The number of oxime groups is 1. The zero-order valence-electron chi connectivity index (χ0n) is 18.0. The summed E-state index contributed by atoms with van der Waals surface area (Å²) >= 11 is 0. The number of carbonyl (C=O) groups excluding carboxylic acids is 2. The summed E-state index contributed by atoms with van der Waals surface area (Å²) in [6, 6.07) is 0.398. The fraction of sp³-hybridized carbons (Fsp3) is 0.875. The van der Waals surface area contributed by atoms with Crippen molar-refractivity contribution in [2.45, 2.75) is 84.1 Å². The van der Waals surface area contributed by atoms with Crippen LogP contribution in [-0.2, 0) is 14.4 Å². The lowest BCUT2D eigenvalue weighted by molar-refractivity contribution is -0.164. The highest BCUT2D eigenvalue weighted by atomic mass is 16.6. The number of rotatable bonds is 3. The Kier molecular flexibility index (Phi) is 4.88. The van der Waals surface area contributed by atoms with Crippen LogP contribution in [0.3, 0.4) is 0 Å². The minimum atomic E-state index is -0.192. The van der Waals surface area contributed by atoms with Crippen LogP contribution in [0.5, 0.6) is 0 Å². The van der Waals surface area contributed by atoms with Gasteiger partial charge in [-0.15, -0.1) is 0 Å². The topological polar surface area (TPSA) is 67.8 Å². The molecule has 1 heterocycles. The van der Waals surface area contributed by atoms with E-state index in [1.165, 1.54) is 25.7 Å². The first-order valence-corrected chi connectivity index (χ1v) is 11.9. The van der Waals surface area contributed by atoms with Gasteiger partial charge in [0.15, 0.2) is 0 Å². The molecule has 5 rings (SSSR count). The number of hydrogen-bond donors (Lipinski definition) is 1. The third-order valence-corrected chi connectivity index (χ3v) is 9.58. The number of fused-ring (bicyclic) bond motifs is 5. The third-order valence-electron chi connectivity index (χ3n) is 9.58. The highest BCUT2D eigenvalue weighted by molar-refractivity contribution is 6.40. The second-order valence-electron chi connectivity index (χ2n) is 11.1. The van der Waals surface area contributed by atoms with E-state index in [0.29, 0.717) is 30.9 Å². The predicted molar refractivity (Wildman–Crippen MR) is 112 cm³/mol. The van der Waals surface area contributed by atoms with Crippen LogP contribution >= 0.6 is 0 Å². The summed E-state index contributed by atoms with van der Waals surface area (Å²) in [6.45, 7) is 6.33. The average molecular weight is 401 g/mol. The minimum absolute atomic E-state index is 0.0202. The zero-order chi connectivity index (χ0) is 20.2. The van der Waals surface area contributed by atoms with Crippen LogP contribution in [-0.4, -0.2) is 36.5 Å². The molecule has 0 aromatic carbocycles. The van der Waals surface area contributed by atoms with Gasteiger partial charge in [0, 0.05) is 17.9 Å². The molecule has 0 aromatic rings. The molecular weight excluding hydrogens is 364 g/mol. The van der Waals surface area contributed by atoms with Gasteiger partial charge in [0.05, 0.1) is 5.71 Å². The molecule has 1 unspecified atom stereocenters. The normalized spacial score (nSPS) is 48.3. The highest BCUT2D eigenvalue weighted by Crippen LogP contribution is 2.64. The van der Waals surface area contributed by atoms with E-state index >= 15 is 0 Å². The molecular formula is C24H36N2O3. The Bertz CT molecular complexity index is 728. The van der Waals surface area contributed by atoms with Gasteiger partial charge >= 0.3 is 0 Å². The molecule has 4 saturated carbocycles. The van der Waals surface area contributed by atoms with Crippen LogP contribution in [0.15, 0.2) is 5.16 Å². The summed E-state index contributed by atoms with van der Waals surface area (Å²) in [5.41, 5.74) is 1.21. The largest absolute Gasteiger partial charge is 0.394 e. The summed E-state index contributed by atoms with van der Waals surface area (Å²) in [5, 5.41) is 7.83. The van der Waals surface area contributed by atoms with Crippen molar-refractivity contribution in [3.63, 3.8) is 0 Å². The third kappa shape index (κ3) is 3.10. The summed E-state index contributed by atoms with van der Waals surface area (Å²) in [6.07, 6.45) is 10.7. The fourth-order valence-electron chi connectivity index (χ4n) is 7.76. The maximum Gasteiger partial charge on any atom is 0.202 e. The van der Waals surface area contributed by atoms with Crippen LogP contribution in [0.1, 0.15) is 78.1 Å². The number of nitrogens with zero attached hydrogens (tertiary/aromatic N) is 1. The molecule has 0 spiro atoms. The molecule has 0 aromatic heterocycles. The van der Waals surface area contributed by atoms with E-state index in [-0.39, 0.29) is 34.2 Å². The van der Waals surface area contributed by atoms with Gasteiger partial charge in [-0.1, -0.05) is 25.4 Å². The Hall–Kier alpha value is -1.23. The number of nitrogens with one attached hydrogen (secondary N) is 1. The van der Waals surface area contributed by atoms with Gasteiger partial charge in [-0.25, -0.2) is 0 Å². The van der Waals surface area contributed by atoms with E-state index in [2.05, 4.69) is 24.3 Å². The van der Waals surface area contributed by atoms with Crippen LogP contribution in [0, 0.1) is 34.5 Å². The molecule has 5 aliphatic rings. The van der Waals surface area contributed by atoms with Crippen molar-refractivity contribution in [3.05, 3.63) is 0 Å². The minimum Gasteiger partial charge on any atom is -0.394 e. The molecule has 7 atom stereocenters. The van der Waals surface area contributed by atoms with Crippen molar-refractivity contribution in [1.29, 1.82) is 0 Å². The Morgan fingerprint density at radius 2 is 1.90 bits per heavy atom. The quantitative estimate of drug-likeness (QED) is 0.576. The molecule has 0 amide bonds. The maximum atomic E-state index is 13.3. The molecule has 0 radical (unpaired) electrons. The van der Waals surface area contributed by atoms with Crippen molar-refractivity contribution in [2.24, 2.45) is 39.7 Å². The van der Waals surface area contributed by atoms with Crippen LogP contribution in [0.4, 0.5) is 0 Å². The highest BCUT2D eigenvalue weighted by Gasteiger charge is 2.63. The zero-order valence-corrected chi connectivity index (χ0v) is 18.0. The Labute approximate surface area is 174 Å². The van der Waals surface area contributed by atoms with Crippen molar-refractivity contribution in [3.8, 4) is 0 Å². The molecule has 29 heavy (non-hydrogen) atoms. The smallest absolute Gasteiger partial charge is 0.202 e. The van der Waals surface area contributed by atoms with E-state index in [4.69, 9.17) is 4.84 Å². The monoisotopic (exact) mass is 400 g/mol. The fourth-order valence-corrected chi connectivity index (χ4v) is 7.76. The standard InChI is InChI=1S/C24H36N2O3/c1-23-9-3-6-17(23)20-18(8-10-23)24(2)11-7-15(13-19(24)21(27)22(20)28)26-29-14-16-5-4-12-25-16/h16-20,25H,3-14H2,1-2H3/b26-15+/t16-,17+,18+,19?,20+,23+,24-/m1/s1. The van der Waals surface area contributed by atoms with E-state index in [1.54, 1.807) is 0 Å². The number of carbonyl (C=O) groups is 2. The molecule has 160 valence electrons. The Morgan fingerprint density at radius 1 is 1.03 bits per heavy atom. The SMILES string of the molecule is C[C@@]12CCC[C@H]1[C@@H]1C(=O)C(=O)C3C/C(=N/OC[C@H]4CCCN4)CC[C@]3(C)[C@H]1CC2. The second kappa shape index (κ2) is 7.18. The van der Waals surface area contributed by atoms with E-state index in [9.17, 15) is 9.59 Å². The van der Waals surface area contributed by atoms with Crippen LogP contribution < -0.4 is 5.32 Å². The maximum absolute atomic E-state index is 13.3. The molecule has 1 aliphatic heterocycles. The van der Waals surface area contributed by atoms with E-state index < -0.39 is 0 Å². The van der Waals surface area contributed by atoms with Crippen molar-refractivity contribution in [1.82, 2.24) is 5.32 Å². The lowest BCUT2D eigenvalue weighted by Crippen LogP contribution is -2.60. The van der Waals surface area contributed by atoms with Gasteiger partial charge in [-0.2, -0.15) is 0 Å². The van der Waals surface area contributed by atoms with Crippen molar-refractivity contribution in [2.75, 3.05) is 13.2 Å². The predicted octanol–water partition coefficient (Wildman–Crippen LogP) is 3.90. The van der Waals surface area contributed by atoms with Crippen LogP contribution in [0.2, 0.25) is 0 Å². The van der Waals surface area contributed by atoms with Crippen molar-refractivity contribution < 1.29 is 14.4 Å². The van der Waals surface area contributed by atoms with Crippen LogP contribution in [0.25, 0.3) is 0 Å². The van der Waals surface area contributed by atoms with Gasteiger partial charge in [-0.3, -0.25) is 9.59 Å². The molecule has 4 aliphatic carbocycles. The van der Waals surface area contributed by atoms with Gasteiger partial charge in [-0.05, 0) is 87.0 Å².